The zero-order valence-electron chi connectivity index (χ0n) is 15.8. The number of rotatable bonds is 8. The molecule has 5 nitrogen and oxygen atoms in total. The van der Waals surface area contributed by atoms with Crippen molar-refractivity contribution in [2.24, 2.45) is 5.92 Å². The van der Waals surface area contributed by atoms with Gasteiger partial charge >= 0.3 is 0 Å². The molecule has 0 aromatic heterocycles. The Balaban J connectivity index is 1.83. The van der Waals surface area contributed by atoms with E-state index in [4.69, 9.17) is 16.3 Å². The third-order valence-electron chi connectivity index (χ3n) is 3.90. The first kappa shape index (κ1) is 20.8. The first-order valence-electron chi connectivity index (χ1n) is 8.89. The summed E-state index contributed by atoms with van der Waals surface area (Å²) in [5.41, 5.74) is 2.38. The average Bonchev–Trinajstić information content (AvgIpc) is 2.61. The van der Waals surface area contributed by atoms with Gasteiger partial charge in [0.25, 0.3) is 0 Å². The minimum atomic E-state index is -0.0847. The molecule has 0 saturated carbocycles. The summed E-state index contributed by atoms with van der Waals surface area (Å²) in [6.07, 6.45) is 1.41. The molecular weight excluding hydrogens is 364 g/mol. The number of hydrogen-bond acceptors (Lipinski definition) is 3. The second-order valence-electron chi connectivity index (χ2n) is 6.74. The van der Waals surface area contributed by atoms with Crippen LogP contribution < -0.4 is 15.4 Å². The van der Waals surface area contributed by atoms with Crippen molar-refractivity contribution in [2.45, 2.75) is 33.1 Å². The molecule has 2 aromatic rings. The molecule has 27 heavy (non-hydrogen) atoms. The van der Waals surface area contributed by atoms with Gasteiger partial charge in [-0.3, -0.25) is 9.59 Å². The molecule has 0 saturated heterocycles. The van der Waals surface area contributed by atoms with Gasteiger partial charge in [-0.05, 0) is 54.3 Å². The number of aryl methyl sites for hydroxylation is 1. The van der Waals surface area contributed by atoms with Crippen molar-refractivity contribution in [2.75, 3.05) is 17.7 Å². The van der Waals surface area contributed by atoms with E-state index in [1.807, 2.05) is 26.0 Å². The van der Waals surface area contributed by atoms with Crippen LogP contribution in [0.5, 0.6) is 5.75 Å². The van der Waals surface area contributed by atoms with Gasteiger partial charge in [0.15, 0.2) is 0 Å². The molecule has 2 amide bonds. The molecule has 0 aliphatic rings. The number of carbonyl (C=O) groups is 2. The molecule has 144 valence electrons. The first-order chi connectivity index (χ1) is 12.9. The third-order valence-corrected chi connectivity index (χ3v) is 4.20. The fraction of sp³-hybridized carbons (Fsp3) is 0.333. The summed E-state index contributed by atoms with van der Waals surface area (Å²) in [6.45, 7) is 4.00. The van der Waals surface area contributed by atoms with Gasteiger partial charge in [-0.25, -0.2) is 0 Å². The Morgan fingerprint density at radius 1 is 1.00 bits per heavy atom. The second kappa shape index (κ2) is 9.97. The highest BCUT2D eigenvalue weighted by Gasteiger charge is 2.08. The SMILES string of the molecule is COc1ccc(CCC(=O)Nc2ccc(NC(=O)CC(C)C)cc2)cc1Cl. The fourth-order valence-electron chi connectivity index (χ4n) is 2.57. The lowest BCUT2D eigenvalue weighted by molar-refractivity contribution is -0.117. The van der Waals surface area contributed by atoms with E-state index in [2.05, 4.69) is 10.6 Å². The van der Waals surface area contributed by atoms with E-state index in [1.165, 1.54) is 0 Å². The Morgan fingerprint density at radius 3 is 2.11 bits per heavy atom. The van der Waals surface area contributed by atoms with E-state index in [0.717, 1.165) is 5.56 Å². The van der Waals surface area contributed by atoms with Crippen molar-refractivity contribution in [3.8, 4) is 5.75 Å². The maximum atomic E-state index is 12.1. The number of methoxy groups -OCH3 is 1. The number of hydrogen-bond donors (Lipinski definition) is 2. The van der Waals surface area contributed by atoms with Crippen LogP contribution in [-0.2, 0) is 16.0 Å². The van der Waals surface area contributed by atoms with Gasteiger partial charge in [0.05, 0.1) is 12.1 Å². The summed E-state index contributed by atoms with van der Waals surface area (Å²) in [5, 5.41) is 6.23. The number of amides is 2. The Morgan fingerprint density at radius 2 is 1.59 bits per heavy atom. The molecule has 0 radical (unpaired) electrons. The van der Waals surface area contributed by atoms with Gasteiger partial charge in [-0.15, -0.1) is 0 Å². The summed E-state index contributed by atoms with van der Waals surface area (Å²) in [7, 11) is 1.56. The number of ether oxygens (including phenoxy) is 1. The quantitative estimate of drug-likeness (QED) is 0.675. The largest absolute Gasteiger partial charge is 0.495 e. The van der Waals surface area contributed by atoms with Gasteiger partial charge in [0, 0.05) is 24.2 Å². The van der Waals surface area contributed by atoms with E-state index < -0.39 is 0 Å². The highest BCUT2D eigenvalue weighted by Crippen LogP contribution is 2.25. The standard InChI is InChI=1S/C21H25ClN2O3/c1-14(2)12-21(26)24-17-8-6-16(7-9-17)23-20(25)11-5-15-4-10-19(27-3)18(22)13-15/h4,6-10,13-14H,5,11-12H2,1-3H3,(H,23,25)(H,24,26). The Hall–Kier alpha value is -2.53. The minimum absolute atomic E-state index is 0.0139. The lowest BCUT2D eigenvalue weighted by Gasteiger charge is -2.09. The summed E-state index contributed by atoms with van der Waals surface area (Å²) in [4.78, 5) is 23.9. The fourth-order valence-corrected chi connectivity index (χ4v) is 2.85. The van der Waals surface area contributed by atoms with Crippen molar-refractivity contribution in [1.29, 1.82) is 0 Å². The molecule has 0 aliphatic heterocycles. The van der Waals surface area contributed by atoms with Crippen molar-refractivity contribution in [1.82, 2.24) is 0 Å². The van der Waals surface area contributed by atoms with Gasteiger partial charge in [-0.2, -0.15) is 0 Å². The molecule has 0 heterocycles. The summed E-state index contributed by atoms with van der Waals surface area (Å²) >= 11 is 6.10. The molecule has 2 N–H and O–H groups in total. The van der Waals surface area contributed by atoms with Crippen LogP contribution in [0.25, 0.3) is 0 Å². The van der Waals surface area contributed by atoms with Crippen molar-refractivity contribution in [3.05, 3.63) is 53.1 Å². The molecule has 0 fully saturated rings. The van der Waals surface area contributed by atoms with Crippen LogP contribution in [0, 0.1) is 5.92 Å². The number of carbonyl (C=O) groups excluding carboxylic acids is 2. The zero-order chi connectivity index (χ0) is 19.8. The van der Waals surface area contributed by atoms with Crippen LogP contribution in [-0.4, -0.2) is 18.9 Å². The molecule has 2 rings (SSSR count). The number of halogens is 1. The normalized spacial score (nSPS) is 10.6. The third kappa shape index (κ3) is 6.94. The van der Waals surface area contributed by atoms with Crippen LogP contribution >= 0.6 is 11.6 Å². The predicted molar refractivity (Wildman–Crippen MR) is 109 cm³/mol. The van der Waals surface area contributed by atoms with Crippen LogP contribution in [0.15, 0.2) is 42.5 Å². The molecule has 0 atom stereocenters. The van der Waals surface area contributed by atoms with Crippen molar-refractivity contribution in [3.63, 3.8) is 0 Å². The van der Waals surface area contributed by atoms with E-state index in [-0.39, 0.29) is 11.8 Å². The van der Waals surface area contributed by atoms with E-state index in [9.17, 15) is 9.59 Å². The summed E-state index contributed by atoms with van der Waals surface area (Å²) in [5.74, 6) is 0.827. The van der Waals surface area contributed by atoms with Crippen LogP contribution in [0.1, 0.15) is 32.3 Å². The molecule has 0 spiro atoms. The van der Waals surface area contributed by atoms with E-state index in [0.29, 0.717) is 47.3 Å². The minimum Gasteiger partial charge on any atom is -0.495 e. The van der Waals surface area contributed by atoms with Crippen LogP contribution in [0.2, 0.25) is 5.02 Å². The number of benzene rings is 2. The molecule has 0 unspecified atom stereocenters. The molecule has 0 bridgehead atoms. The molecule has 6 heteroatoms. The first-order valence-corrected chi connectivity index (χ1v) is 9.27. The highest BCUT2D eigenvalue weighted by molar-refractivity contribution is 6.32. The Kier molecular flexibility index (Phi) is 7.67. The Labute approximate surface area is 165 Å². The maximum absolute atomic E-state index is 12.1. The average molecular weight is 389 g/mol. The molecule has 2 aromatic carbocycles. The van der Waals surface area contributed by atoms with E-state index in [1.54, 1.807) is 37.4 Å². The smallest absolute Gasteiger partial charge is 0.224 e. The Bertz CT molecular complexity index is 789. The van der Waals surface area contributed by atoms with E-state index >= 15 is 0 Å². The van der Waals surface area contributed by atoms with Gasteiger partial charge in [0.2, 0.25) is 11.8 Å². The monoisotopic (exact) mass is 388 g/mol. The summed E-state index contributed by atoms with van der Waals surface area (Å²) < 4.78 is 5.12. The predicted octanol–water partition coefficient (Wildman–Crippen LogP) is 4.90. The van der Waals surface area contributed by atoms with Crippen LogP contribution in [0.4, 0.5) is 11.4 Å². The van der Waals surface area contributed by atoms with Gasteiger partial charge in [-0.1, -0.05) is 31.5 Å². The topological polar surface area (TPSA) is 67.4 Å². The second-order valence-corrected chi connectivity index (χ2v) is 7.15. The summed E-state index contributed by atoms with van der Waals surface area (Å²) in [6, 6.07) is 12.6. The number of anilines is 2. The van der Waals surface area contributed by atoms with Crippen LogP contribution in [0.3, 0.4) is 0 Å². The van der Waals surface area contributed by atoms with Gasteiger partial charge in [0.1, 0.15) is 5.75 Å². The number of nitrogens with one attached hydrogen (secondary N) is 2. The lowest BCUT2D eigenvalue weighted by Crippen LogP contribution is -2.14. The van der Waals surface area contributed by atoms with Crippen molar-refractivity contribution < 1.29 is 14.3 Å². The highest BCUT2D eigenvalue weighted by atomic mass is 35.5. The zero-order valence-corrected chi connectivity index (χ0v) is 16.6. The van der Waals surface area contributed by atoms with Gasteiger partial charge < -0.3 is 15.4 Å². The maximum Gasteiger partial charge on any atom is 0.224 e. The van der Waals surface area contributed by atoms with Crippen molar-refractivity contribution >= 4 is 34.8 Å². The lowest BCUT2D eigenvalue weighted by atomic mass is 10.1. The molecular formula is C21H25ClN2O3. The molecule has 0 aliphatic carbocycles.